The molecule has 2 aromatic heterocycles. The van der Waals surface area contributed by atoms with Crippen molar-refractivity contribution in [3.63, 3.8) is 0 Å². The molecule has 0 radical (unpaired) electrons. The number of alkyl halides is 3. The molecule has 1 aliphatic rings. The predicted octanol–water partition coefficient (Wildman–Crippen LogP) is 2.69. The molecular weight excluding hydrogens is 331 g/mol. The van der Waals surface area contributed by atoms with Gasteiger partial charge in [0.25, 0.3) is 0 Å². The van der Waals surface area contributed by atoms with Crippen LogP contribution in [0.4, 0.5) is 19.0 Å². The zero-order valence-electron chi connectivity index (χ0n) is 12.4. The summed E-state index contributed by atoms with van der Waals surface area (Å²) in [6, 6.07) is 0. The Hall–Kier alpha value is -1.45. The average Bonchev–Trinajstić information content (AvgIpc) is 2.93. The molecule has 23 heavy (non-hydrogen) atoms. The Morgan fingerprint density at radius 2 is 1.87 bits per heavy atom. The van der Waals surface area contributed by atoms with Crippen molar-refractivity contribution in [2.24, 2.45) is 0 Å². The third kappa shape index (κ3) is 3.26. The lowest BCUT2D eigenvalue weighted by Crippen LogP contribution is -2.47. The third-order valence-electron chi connectivity index (χ3n) is 3.97. The van der Waals surface area contributed by atoms with E-state index in [2.05, 4.69) is 9.97 Å². The molecule has 0 unspecified atom stereocenters. The average molecular weight is 347 g/mol. The predicted molar refractivity (Wildman–Crippen MR) is 80.7 cm³/mol. The summed E-state index contributed by atoms with van der Waals surface area (Å²) in [7, 11) is 1.49. The summed E-state index contributed by atoms with van der Waals surface area (Å²) < 4.78 is 44.9. The Morgan fingerprint density at radius 1 is 1.26 bits per heavy atom. The molecule has 1 aliphatic heterocycles. The second-order valence-corrected chi connectivity index (χ2v) is 6.42. The fraction of sp³-hybridized carbons (Fsp3) is 0.571. The zero-order valence-corrected chi connectivity index (χ0v) is 13.2. The number of nitrogens with zero attached hydrogens (tertiary/aromatic N) is 3. The fourth-order valence-electron chi connectivity index (χ4n) is 2.75. The van der Waals surface area contributed by atoms with E-state index in [1.807, 2.05) is 0 Å². The Morgan fingerprint density at radius 3 is 2.43 bits per heavy atom. The highest BCUT2D eigenvalue weighted by Gasteiger charge is 2.40. The number of rotatable bonds is 3. The van der Waals surface area contributed by atoms with Crippen molar-refractivity contribution in [1.29, 1.82) is 0 Å². The van der Waals surface area contributed by atoms with Crippen LogP contribution in [-0.4, -0.2) is 47.5 Å². The van der Waals surface area contributed by atoms with Crippen LogP contribution in [0.15, 0.2) is 10.8 Å². The quantitative estimate of drug-likeness (QED) is 0.925. The molecule has 1 saturated heterocycles. The van der Waals surface area contributed by atoms with Crippen molar-refractivity contribution in [1.82, 2.24) is 9.97 Å². The molecule has 0 amide bonds. The van der Waals surface area contributed by atoms with Crippen LogP contribution in [-0.2, 0) is 10.9 Å². The standard InChI is InChI=1S/C14H16F3N3O2S/c1-22-8-13(21)2-4-20(5-3-13)12-11(14(15,16)17)18-9-6-23-7-10(9)19-12/h6-7,21H,2-5,8H2,1H3. The highest BCUT2D eigenvalue weighted by atomic mass is 32.1. The van der Waals surface area contributed by atoms with Gasteiger partial charge in [-0.15, -0.1) is 11.3 Å². The first-order valence-electron chi connectivity index (χ1n) is 7.10. The van der Waals surface area contributed by atoms with Crippen LogP contribution in [0, 0.1) is 0 Å². The molecule has 1 fully saturated rings. The van der Waals surface area contributed by atoms with Crippen molar-refractivity contribution in [3.05, 3.63) is 16.5 Å². The van der Waals surface area contributed by atoms with Crippen LogP contribution in [0.2, 0.25) is 0 Å². The van der Waals surface area contributed by atoms with Gasteiger partial charge in [-0.3, -0.25) is 0 Å². The van der Waals surface area contributed by atoms with Gasteiger partial charge in [-0.1, -0.05) is 0 Å². The summed E-state index contributed by atoms with van der Waals surface area (Å²) in [5, 5.41) is 13.5. The molecule has 2 aromatic rings. The number of methoxy groups -OCH3 is 1. The molecule has 3 heterocycles. The molecule has 0 aliphatic carbocycles. The highest BCUT2D eigenvalue weighted by molar-refractivity contribution is 7.09. The highest BCUT2D eigenvalue weighted by Crippen LogP contribution is 2.37. The van der Waals surface area contributed by atoms with Gasteiger partial charge in [0.1, 0.15) is 11.0 Å². The summed E-state index contributed by atoms with van der Waals surface area (Å²) in [6.45, 7) is 0.711. The Bertz CT molecular complexity index is 696. The minimum absolute atomic E-state index is 0.164. The summed E-state index contributed by atoms with van der Waals surface area (Å²) in [5.74, 6) is -0.164. The lowest BCUT2D eigenvalue weighted by molar-refractivity contribution is -0.140. The molecule has 1 N–H and O–H groups in total. The lowest BCUT2D eigenvalue weighted by Gasteiger charge is -2.38. The number of hydrogen-bond acceptors (Lipinski definition) is 6. The van der Waals surface area contributed by atoms with E-state index in [0.717, 1.165) is 0 Å². The Balaban J connectivity index is 1.93. The van der Waals surface area contributed by atoms with E-state index in [1.54, 1.807) is 10.8 Å². The monoisotopic (exact) mass is 347 g/mol. The van der Waals surface area contributed by atoms with Crippen molar-refractivity contribution in [2.75, 3.05) is 31.7 Å². The van der Waals surface area contributed by atoms with Crippen molar-refractivity contribution >= 4 is 28.2 Å². The van der Waals surface area contributed by atoms with Gasteiger partial charge in [0.05, 0.1) is 12.2 Å². The Kier molecular flexibility index (Phi) is 4.19. The van der Waals surface area contributed by atoms with Crippen molar-refractivity contribution in [3.8, 4) is 0 Å². The van der Waals surface area contributed by atoms with E-state index in [-0.39, 0.29) is 31.0 Å². The summed E-state index contributed by atoms with van der Waals surface area (Å²) >= 11 is 1.27. The summed E-state index contributed by atoms with van der Waals surface area (Å²) in [5.41, 5.74) is -1.26. The van der Waals surface area contributed by atoms with Crippen molar-refractivity contribution < 1.29 is 23.0 Å². The van der Waals surface area contributed by atoms with Crippen molar-refractivity contribution in [2.45, 2.75) is 24.6 Å². The van der Waals surface area contributed by atoms with Gasteiger partial charge in [0.15, 0.2) is 11.5 Å². The third-order valence-corrected chi connectivity index (χ3v) is 4.69. The minimum Gasteiger partial charge on any atom is -0.387 e. The van der Waals surface area contributed by atoms with E-state index in [9.17, 15) is 18.3 Å². The number of ether oxygens (including phenoxy) is 1. The number of hydrogen-bond donors (Lipinski definition) is 1. The maximum absolute atomic E-state index is 13.3. The van der Waals surface area contributed by atoms with Gasteiger partial charge >= 0.3 is 6.18 Å². The smallest absolute Gasteiger partial charge is 0.387 e. The lowest BCUT2D eigenvalue weighted by atomic mass is 9.92. The molecule has 0 spiro atoms. The van der Waals surface area contributed by atoms with Gasteiger partial charge in [0.2, 0.25) is 0 Å². The van der Waals surface area contributed by atoms with E-state index in [1.165, 1.54) is 23.3 Å². The van der Waals surface area contributed by atoms with Gasteiger partial charge in [-0.05, 0) is 12.8 Å². The summed E-state index contributed by atoms with van der Waals surface area (Å²) in [6.07, 6.45) is -3.93. The minimum atomic E-state index is -4.57. The number of piperidine rings is 1. The van der Waals surface area contributed by atoms with Crippen LogP contribution >= 0.6 is 11.3 Å². The first-order valence-corrected chi connectivity index (χ1v) is 8.04. The second kappa shape index (κ2) is 5.88. The molecule has 0 bridgehead atoms. The van der Waals surface area contributed by atoms with Gasteiger partial charge in [-0.2, -0.15) is 13.2 Å². The number of halogens is 3. The number of aliphatic hydroxyl groups is 1. The van der Waals surface area contributed by atoms with E-state index in [4.69, 9.17) is 4.74 Å². The second-order valence-electron chi connectivity index (χ2n) is 5.68. The van der Waals surface area contributed by atoms with E-state index >= 15 is 0 Å². The number of anilines is 1. The van der Waals surface area contributed by atoms with E-state index in [0.29, 0.717) is 18.4 Å². The van der Waals surface area contributed by atoms with Crippen LogP contribution in [0.3, 0.4) is 0 Å². The van der Waals surface area contributed by atoms with Crippen LogP contribution in [0.25, 0.3) is 11.0 Å². The number of fused-ring (bicyclic) bond motifs is 1. The zero-order chi connectivity index (χ0) is 16.7. The maximum atomic E-state index is 13.3. The largest absolute Gasteiger partial charge is 0.437 e. The fourth-order valence-corrected chi connectivity index (χ4v) is 3.42. The van der Waals surface area contributed by atoms with Crippen LogP contribution in [0.1, 0.15) is 18.5 Å². The molecule has 0 aromatic carbocycles. The Labute approximate surface area is 134 Å². The molecule has 3 rings (SSSR count). The first-order chi connectivity index (χ1) is 10.8. The van der Waals surface area contributed by atoms with Gasteiger partial charge in [0, 0.05) is 31.0 Å². The molecule has 126 valence electrons. The molecular formula is C14H16F3N3O2S. The van der Waals surface area contributed by atoms with Gasteiger partial charge in [-0.25, -0.2) is 9.97 Å². The number of aromatic nitrogens is 2. The first kappa shape index (κ1) is 16.4. The summed E-state index contributed by atoms with van der Waals surface area (Å²) in [4.78, 5) is 9.45. The molecule has 0 saturated carbocycles. The maximum Gasteiger partial charge on any atom is 0.437 e. The molecule has 5 nitrogen and oxygen atoms in total. The van der Waals surface area contributed by atoms with Crippen LogP contribution in [0.5, 0.6) is 0 Å². The molecule has 0 atom stereocenters. The topological polar surface area (TPSA) is 58.5 Å². The number of thiophene rings is 1. The molecule has 9 heteroatoms. The van der Waals surface area contributed by atoms with E-state index < -0.39 is 17.5 Å². The SMILES string of the molecule is COCC1(O)CCN(c2nc3cscc3nc2C(F)(F)F)CC1. The van der Waals surface area contributed by atoms with Gasteiger partial charge < -0.3 is 14.7 Å². The van der Waals surface area contributed by atoms with Crippen LogP contribution < -0.4 is 4.90 Å². The normalized spacial score (nSPS) is 18.6.